The number of aromatic nitrogens is 2. The Kier molecular flexibility index (Phi) is 5.86. The summed E-state index contributed by atoms with van der Waals surface area (Å²) in [6, 6.07) is 11.6. The summed E-state index contributed by atoms with van der Waals surface area (Å²) >= 11 is 0. The molecule has 0 saturated carbocycles. The second kappa shape index (κ2) is 8.73. The van der Waals surface area contributed by atoms with Crippen LogP contribution in [0.4, 0.5) is 0 Å². The van der Waals surface area contributed by atoms with E-state index in [1.807, 2.05) is 51.1 Å². The Hall–Kier alpha value is -3.45. The number of rotatable bonds is 7. The summed E-state index contributed by atoms with van der Waals surface area (Å²) in [5.74, 6) is 1.29. The van der Waals surface area contributed by atoms with Gasteiger partial charge in [-0.3, -0.25) is 4.79 Å². The van der Waals surface area contributed by atoms with E-state index in [2.05, 4.69) is 15.5 Å². The molecule has 31 heavy (non-hydrogen) atoms. The van der Waals surface area contributed by atoms with Gasteiger partial charge < -0.3 is 19.0 Å². The smallest absolute Gasteiger partial charge is 0.259 e. The van der Waals surface area contributed by atoms with Gasteiger partial charge in [-0.05, 0) is 51.0 Å². The predicted octanol–water partition coefficient (Wildman–Crippen LogP) is 4.87. The summed E-state index contributed by atoms with van der Waals surface area (Å²) in [4.78, 5) is 17.8. The Morgan fingerprint density at radius 1 is 1.13 bits per heavy atom. The number of hydrogen-bond acceptors (Lipinski definition) is 6. The van der Waals surface area contributed by atoms with E-state index in [0.29, 0.717) is 47.8 Å². The number of benzene rings is 1. The van der Waals surface area contributed by atoms with E-state index in [1.165, 1.54) is 0 Å². The summed E-state index contributed by atoms with van der Waals surface area (Å²) in [6.07, 6.45) is 0. The SMILES string of the molecule is CCOCc1ccccc1CNC(=O)c1cc(-c2cc(C)oc2C)nc2onc(C)c12. The molecule has 1 aromatic carbocycles. The van der Waals surface area contributed by atoms with Gasteiger partial charge in [0, 0.05) is 18.7 Å². The first-order valence-corrected chi connectivity index (χ1v) is 10.2. The van der Waals surface area contributed by atoms with Gasteiger partial charge in [0.05, 0.1) is 28.9 Å². The molecule has 0 saturated heterocycles. The van der Waals surface area contributed by atoms with Crippen molar-refractivity contribution in [3.63, 3.8) is 0 Å². The minimum absolute atomic E-state index is 0.218. The van der Waals surface area contributed by atoms with Crippen LogP contribution in [0.1, 0.15) is 45.6 Å². The van der Waals surface area contributed by atoms with Crippen LogP contribution in [0.2, 0.25) is 0 Å². The van der Waals surface area contributed by atoms with Gasteiger partial charge in [0.1, 0.15) is 11.5 Å². The van der Waals surface area contributed by atoms with Crippen molar-refractivity contribution < 1.29 is 18.5 Å². The molecular weight excluding hydrogens is 394 g/mol. The van der Waals surface area contributed by atoms with Gasteiger partial charge in [0.2, 0.25) is 0 Å². The number of furan rings is 1. The summed E-state index contributed by atoms with van der Waals surface area (Å²) in [5.41, 5.74) is 4.92. The maximum atomic E-state index is 13.2. The Morgan fingerprint density at radius 3 is 2.61 bits per heavy atom. The zero-order valence-corrected chi connectivity index (χ0v) is 18.1. The van der Waals surface area contributed by atoms with Crippen LogP contribution < -0.4 is 5.32 Å². The molecule has 0 radical (unpaired) electrons. The van der Waals surface area contributed by atoms with Crippen LogP contribution in [0, 0.1) is 20.8 Å². The van der Waals surface area contributed by atoms with Crippen molar-refractivity contribution in [1.29, 1.82) is 0 Å². The molecule has 0 aliphatic heterocycles. The first kappa shape index (κ1) is 20.8. The number of nitrogens with one attached hydrogen (secondary N) is 1. The highest BCUT2D eigenvalue weighted by Gasteiger charge is 2.21. The van der Waals surface area contributed by atoms with E-state index in [4.69, 9.17) is 13.7 Å². The van der Waals surface area contributed by atoms with E-state index >= 15 is 0 Å². The lowest BCUT2D eigenvalue weighted by Crippen LogP contribution is -2.24. The minimum Gasteiger partial charge on any atom is -0.466 e. The van der Waals surface area contributed by atoms with Crippen LogP contribution in [0.5, 0.6) is 0 Å². The summed E-state index contributed by atoms with van der Waals surface area (Å²) in [5, 5.41) is 7.65. The van der Waals surface area contributed by atoms with E-state index in [-0.39, 0.29) is 5.91 Å². The van der Waals surface area contributed by atoms with Crippen LogP contribution in [0.15, 0.2) is 45.3 Å². The third-order valence-corrected chi connectivity index (χ3v) is 5.20. The monoisotopic (exact) mass is 419 g/mol. The Morgan fingerprint density at radius 2 is 1.90 bits per heavy atom. The molecule has 4 aromatic rings. The first-order valence-electron chi connectivity index (χ1n) is 10.2. The summed E-state index contributed by atoms with van der Waals surface area (Å²) in [6.45, 7) is 9.04. The molecule has 0 unspecified atom stereocenters. The van der Waals surface area contributed by atoms with Gasteiger partial charge in [-0.25, -0.2) is 4.98 Å². The number of carbonyl (C=O) groups excluding carboxylic acids is 1. The van der Waals surface area contributed by atoms with Crippen LogP contribution in [-0.2, 0) is 17.9 Å². The fourth-order valence-corrected chi connectivity index (χ4v) is 3.65. The lowest BCUT2D eigenvalue weighted by molar-refractivity contribution is 0.0951. The Bertz CT molecular complexity index is 1240. The number of carbonyl (C=O) groups is 1. The molecule has 1 amide bonds. The van der Waals surface area contributed by atoms with Crippen molar-refractivity contribution in [1.82, 2.24) is 15.5 Å². The maximum absolute atomic E-state index is 13.2. The highest BCUT2D eigenvalue weighted by molar-refractivity contribution is 6.07. The van der Waals surface area contributed by atoms with E-state index in [9.17, 15) is 4.79 Å². The third kappa shape index (κ3) is 4.22. The van der Waals surface area contributed by atoms with Crippen molar-refractivity contribution in [3.8, 4) is 11.3 Å². The minimum atomic E-state index is -0.218. The third-order valence-electron chi connectivity index (χ3n) is 5.20. The van der Waals surface area contributed by atoms with Crippen molar-refractivity contribution in [2.45, 2.75) is 40.8 Å². The molecule has 7 heteroatoms. The molecule has 0 bridgehead atoms. The molecule has 3 heterocycles. The zero-order chi connectivity index (χ0) is 22.0. The van der Waals surface area contributed by atoms with Crippen molar-refractivity contribution >= 4 is 17.0 Å². The zero-order valence-electron chi connectivity index (χ0n) is 18.1. The summed E-state index contributed by atoms with van der Waals surface area (Å²) in [7, 11) is 0. The predicted molar refractivity (Wildman–Crippen MR) is 117 cm³/mol. The molecular formula is C24H25N3O4. The molecule has 7 nitrogen and oxygen atoms in total. The van der Waals surface area contributed by atoms with Gasteiger partial charge >= 0.3 is 0 Å². The van der Waals surface area contributed by atoms with Gasteiger partial charge in [0.15, 0.2) is 0 Å². The molecule has 1 N–H and O–H groups in total. The number of ether oxygens (including phenoxy) is 1. The fraction of sp³-hybridized carbons (Fsp3) is 0.292. The van der Waals surface area contributed by atoms with Crippen molar-refractivity contribution in [2.75, 3.05) is 6.61 Å². The van der Waals surface area contributed by atoms with Crippen molar-refractivity contribution in [2.24, 2.45) is 0 Å². The second-order valence-corrected chi connectivity index (χ2v) is 7.42. The lowest BCUT2D eigenvalue weighted by Gasteiger charge is -2.12. The number of aryl methyl sites for hydroxylation is 3. The standard InChI is InChI=1S/C24H25N3O4/c1-5-29-13-18-9-7-6-8-17(18)12-25-23(28)20-11-21(19-10-14(2)30-16(19)4)26-24-22(20)15(3)27-31-24/h6-11H,5,12-13H2,1-4H3,(H,25,28). The van der Waals surface area contributed by atoms with E-state index < -0.39 is 0 Å². The van der Waals surface area contributed by atoms with Crippen LogP contribution in [0.3, 0.4) is 0 Å². The summed E-state index contributed by atoms with van der Waals surface area (Å²) < 4.78 is 16.6. The Labute approximate surface area is 180 Å². The molecule has 0 spiro atoms. The Balaban J connectivity index is 1.66. The number of fused-ring (bicyclic) bond motifs is 1. The molecule has 3 aromatic heterocycles. The molecule has 0 aliphatic carbocycles. The topological polar surface area (TPSA) is 90.4 Å². The van der Waals surface area contributed by atoms with Gasteiger partial charge in [-0.1, -0.05) is 29.4 Å². The molecule has 0 aliphatic rings. The molecule has 4 rings (SSSR count). The maximum Gasteiger partial charge on any atom is 0.259 e. The van der Waals surface area contributed by atoms with Gasteiger partial charge in [-0.2, -0.15) is 0 Å². The van der Waals surface area contributed by atoms with Gasteiger partial charge in [-0.15, -0.1) is 0 Å². The number of pyridine rings is 1. The first-order chi connectivity index (χ1) is 15.0. The molecule has 160 valence electrons. The number of hydrogen-bond donors (Lipinski definition) is 1. The molecule has 0 fully saturated rings. The average Bonchev–Trinajstić information content (AvgIpc) is 3.31. The van der Waals surface area contributed by atoms with E-state index in [1.54, 1.807) is 13.0 Å². The highest BCUT2D eigenvalue weighted by Crippen LogP contribution is 2.30. The van der Waals surface area contributed by atoms with Gasteiger partial charge in [0.25, 0.3) is 11.6 Å². The highest BCUT2D eigenvalue weighted by atomic mass is 16.5. The normalized spacial score (nSPS) is 11.2. The average molecular weight is 419 g/mol. The van der Waals surface area contributed by atoms with Crippen molar-refractivity contribution in [3.05, 3.63) is 70.3 Å². The largest absolute Gasteiger partial charge is 0.466 e. The molecule has 0 atom stereocenters. The van der Waals surface area contributed by atoms with E-state index in [0.717, 1.165) is 28.2 Å². The van der Waals surface area contributed by atoms with Crippen LogP contribution in [-0.4, -0.2) is 22.7 Å². The lowest BCUT2D eigenvalue weighted by atomic mass is 10.0. The number of amides is 1. The quantitative estimate of drug-likeness (QED) is 0.459. The second-order valence-electron chi connectivity index (χ2n) is 7.42. The fourth-order valence-electron chi connectivity index (χ4n) is 3.65. The van der Waals surface area contributed by atoms with Crippen LogP contribution in [0.25, 0.3) is 22.4 Å². The van der Waals surface area contributed by atoms with Crippen LogP contribution >= 0.6 is 0 Å². The number of nitrogens with zero attached hydrogens (tertiary/aromatic N) is 2.